The highest BCUT2D eigenvalue weighted by Crippen LogP contribution is 2.28. The Morgan fingerprint density at radius 1 is 1.17 bits per heavy atom. The summed E-state index contributed by atoms with van der Waals surface area (Å²) >= 11 is 3.26. The van der Waals surface area contributed by atoms with Gasteiger partial charge < -0.3 is 9.84 Å². The summed E-state index contributed by atoms with van der Waals surface area (Å²) in [5, 5.41) is 10.8. The van der Waals surface area contributed by atoms with Crippen molar-refractivity contribution in [2.24, 2.45) is 0 Å². The number of benzene rings is 2. The standard InChI is InChI=1S/C20H15BrN2O6/c1-11-2-5-13(6-3-11)23-19(27)14(18(26)22-20(23)28)8-12-4-7-16(15(21)9-12)29-10-17(24)25/h2-9H,10H2,1H3,(H,24,25)(H,22,26,28)/b14-8+. The minimum absolute atomic E-state index is 0.212. The predicted molar refractivity (Wildman–Crippen MR) is 107 cm³/mol. The third-order valence-electron chi connectivity index (χ3n) is 4.01. The summed E-state index contributed by atoms with van der Waals surface area (Å²) in [6.45, 7) is 1.37. The van der Waals surface area contributed by atoms with Crippen molar-refractivity contribution in [1.82, 2.24) is 5.32 Å². The largest absolute Gasteiger partial charge is 0.481 e. The Labute approximate surface area is 173 Å². The molecule has 0 bridgehead atoms. The number of hydrogen-bond acceptors (Lipinski definition) is 5. The summed E-state index contributed by atoms with van der Waals surface area (Å²) in [6.07, 6.45) is 1.34. The molecule has 3 rings (SSSR count). The van der Waals surface area contributed by atoms with Gasteiger partial charge in [0, 0.05) is 0 Å². The van der Waals surface area contributed by atoms with E-state index in [4.69, 9.17) is 9.84 Å². The Balaban J connectivity index is 1.91. The molecule has 0 radical (unpaired) electrons. The first-order valence-electron chi connectivity index (χ1n) is 8.38. The Morgan fingerprint density at radius 2 is 1.86 bits per heavy atom. The van der Waals surface area contributed by atoms with Crippen molar-refractivity contribution >= 4 is 51.5 Å². The van der Waals surface area contributed by atoms with Crippen LogP contribution in [0.1, 0.15) is 11.1 Å². The number of anilines is 1. The van der Waals surface area contributed by atoms with Crippen LogP contribution in [0, 0.1) is 6.92 Å². The molecule has 4 amide bonds. The number of amides is 4. The topological polar surface area (TPSA) is 113 Å². The fraction of sp³-hybridized carbons (Fsp3) is 0.100. The van der Waals surface area contributed by atoms with Gasteiger partial charge >= 0.3 is 12.0 Å². The maximum absolute atomic E-state index is 12.8. The fourth-order valence-electron chi connectivity index (χ4n) is 2.62. The zero-order valence-corrected chi connectivity index (χ0v) is 16.7. The van der Waals surface area contributed by atoms with E-state index >= 15 is 0 Å². The van der Waals surface area contributed by atoms with Crippen LogP contribution in [-0.4, -0.2) is 35.5 Å². The highest BCUT2D eigenvalue weighted by Gasteiger charge is 2.36. The number of carboxylic acid groups (broad SMARTS) is 1. The molecule has 2 N–H and O–H groups in total. The van der Waals surface area contributed by atoms with Gasteiger partial charge in [0.05, 0.1) is 10.2 Å². The summed E-state index contributed by atoms with van der Waals surface area (Å²) < 4.78 is 5.57. The van der Waals surface area contributed by atoms with Crippen molar-refractivity contribution < 1.29 is 29.0 Å². The van der Waals surface area contributed by atoms with Crippen molar-refractivity contribution in [2.45, 2.75) is 6.92 Å². The van der Waals surface area contributed by atoms with Crippen molar-refractivity contribution in [3.8, 4) is 5.75 Å². The number of carboxylic acids is 1. The van der Waals surface area contributed by atoms with Gasteiger partial charge in [0.2, 0.25) is 0 Å². The molecule has 148 valence electrons. The maximum atomic E-state index is 12.8. The molecule has 2 aromatic carbocycles. The van der Waals surface area contributed by atoms with Gasteiger partial charge in [-0.15, -0.1) is 0 Å². The molecule has 0 saturated carbocycles. The minimum Gasteiger partial charge on any atom is -0.481 e. The smallest absolute Gasteiger partial charge is 0.341 e. The van der Waals surface area contributed by atoms with Gasteiger partial charge in [0.1, 0.15) is 11.3 Å². The van der Waals surface area contributed by atoms with Crippen molar-refractivity contribution in [3.05, 3.63) is 63.6 Å². The summed E-state index contributed by atoms with van der Waals surface area (Å²) in [5.41, 5.74) is 1.57. The zero-order valence-electron chi connectivity index (χ0n) is 15.1. The Morgan fingerprint density at radius 3 is 2.48 bits per heavy atom. The second kappa shape index (κ2) is 8.27. The van der Waals surface area contributed by atoms with Gasteiger partial charge in [-0.25, -0.2) is 14.5 Å². The molecule has 0 aliphatic carbocycles. The van der Waals surface area contributed by atoms with Crippen LogP contribution >= 0.6 is 15.9 Å². The number of hydrogen-bond donors (Lipinski definition) is 2. The second-order valence-corrected chi connectivity index (χ2v) is 7.02. The molecule has 0 atom stereocenters. The number of ether oxygens (including phenoxy) is 1. The maximum Gasteiger partial charge on any atom is 0.341 e. The van der Waals surface area contributed by atoms with Gasteiger partial charge in [-0.3, -0.25) is 14.9 Å². The normalized spacial score (nSPS) is 15.4. The average molecular weight is 459 g/mol. The van der Waals surface area contributed by atoms with Crippen LogP contribution < -0.4 is 15.0 Å². The van der Waals surface area contributed by atoms with Crippen LogP contribution in [0.3, 0.4) is 0 Å². The number of nitrogens with zero attached hydrogens (tertiary/aromatic N) is 1. The summed E-state index contributed by atoms with van der Waals surface area (Å²) in [6, 6.07) is 10.6. The lowest BCUT2D eigenvalue weighted by atomic mass is 10.1. The molecular formula is C20H15BrN2O6. The molecule has 8 nitrogen and oxygen atoms in total. The molecule has 2 aromatic rings. The molecule has 0 spiro atoms. The Kier molecular flexibility index (Phi) is 5.79. The molecule has 29 heavy (non-hydrogen) atoms. The Hall–Kier alpha value is -3.46. The third-order valence-corrected chi connectivity index (χ3v) is 4.63. The van der Waals surface area contributed by atoms with Crippen LogP contribution in [0.25, 0.3) is 6.08 Å². The van der Waals surface area contributed by atoms with Gasteiger partial charge in [-0.1, -0.05) is 23.8 Å². The van der Waals surface area contributed by atoms with Crippen molar-refractivity contribution in [1.29, 1.82) is 0 Å². The van der Waals surface area contributed by atoms with E-state index in [0.29, 0.717) is 21.5 Å². The van der Waals surface area contributed by atoms with Crippen LogP contribution in [0.2, 0.25) is 0 Å². The van der Waals surface area contributed by atoms with E-state index in [1.807, 2.05) is 6.92 Å². The number of carbonyl (C=O) groups excluding carboxylic acids is 3. The molecular weight excluding hydrogens is 444 g/mol. The van der Waals surface area contributed by atoms with E-state index in [1.165, 1.54) is 12.1 Å². The average Bonchev–Trinajstić information content (AvgIpc) is 2.65. The number of halogens is 1. The molecule has 1 aliphatic heterocycles. The third kappa shape index (κ3) is 4.52. The number of aryl methyl sites for hydroxylation is 1. The summed E-state index contributed by atoms with van der Waals surface area (Å²) in [4.78, 5) is 48.8. The van der Waals surface area contributed by atoms with Crippen molar-refractivity contribution in [3.63, 3.8) is 0 Å². The first-order chi connectivity index (χ1) is 13.8. The number of carbonyl (C=O) groups is 4. The van der Waals surface area contributed by atoms with Crippen LogP contribution in [0.4, 0.5) is 10.5 Å². The highest BCUT2D eigenvalue weighted by molar-refractivity contribution is 9.10. The number of urea groups is 1. The molecule has 0 aromatic heterocycles. The van der Waals surface area contributed by atoms with Gasteiger partial charge in [-0.05, 0) is 58.8 Å². The lowest BCUT2D eigenvalue weighted by Gasteiger charge is -2.26. The quantitative estimate of drug-likeness (QED) is 0.525. The molecule has 9 heteroatoms. The number of imide groups is 2. The lowest BCUT2D eigenvalue weighted by Crippen LogP contribution is -2.54. The number of nitrogens with one attached hydrogen (secondary N) is 1. The van der Waals surface area contributed by atoms with Crippen LogP contribution in [0.15, 0.2) is 52.5 Å². The first kappa shape index (κ1) is 20.3. The molecule has 0 unspecified atom stereocenters. The van der Waals surface area contributed by atoms with E-state index in [2.05, 4.69) is 21.2 Å². The summed E-state index contributed by atoms with van der Waals surface area (Å²) in [5.74, 6) is -2.37. The van der Waals surface area contributed by atoms with Crippen LogP contribution in [0.5, 0.6) is 5.75 Å². The Bertz CT molecular complexity index is 1050. The zero-order chi connectivity index (χ0) is 21.1. The van der Waals surface area contributed by atoms with E-state index in [0.717, 1.165) is 10.5 Å². The van der Waals surface area contributed by atoms with Gasteiger partial charge in [0.15, 0.2) is 6.61 Å². The first-order valence-corrected chi connectivity index (χ1v) is 9.18. The van der Waals surface area contributed by atoms with Crippen LogP contribution in [-0.2, 0) is 14.4 Å². The highest BCUT2D eigenvalue weighted by atomic mass is 79.9. The molecule has 1 saturated heterocycles. The van der Waals surface area contributed by atoms with E-state index in [9.17, 15) is 19.2 Å². The number of rotatable bonds is 5. The molecule has 1 fully saturated rings. The van der Waals surface area contributed by atoms with E-state index in [-0.39, 0.29) is 5.57 Å². The number of aliphatic carboxylic acids is 1. The van der Waals surface area contributed by atoms with Crippen molar-refractivity contribution in [2.75, 3.05) is 11.5 Å². The molecule has 1 aliphatic rings. The van der Waals surface area contributed by atoms with E-state index in [1.54, 1.807) is 36.4 Å². The fourth-order valence-corrected chi connectivity index (χ4v) is 3.13. The predicted octanol–water partition coefficient (Wildman–Crippen LogP) is 2.89. The monoisotopic (exact) mass is 458 g/mol. The minimum atomic E-state index is -1.12. The second-order valence-electron chi connectivity index (χ2n) is 6.17. The molecule has 1 heterocycles. The number of barbiturate groups is 1. The lowest BCUT2D eigenvalue weighted by molar-refractivity contribution is -0.139. The van der Waals surface area contributed by atoms with Gasteiger partial charge in [0.25, 0.3) is 11.8 Å². The van der Waals surface area contributed by atoms with E-state index < -0.39 is 30.4 Å². The summed E-state index contributed by atoms with van der Waals surface area (Å²) in [7, 11) is 0. The van der Waals surface area contributed by atoms with Gasteiger partial charge in [-0.2, -0.15) is 0 Å². The SMILES string of the molecule is Cc1ccc(N2C(=O)NC(=O)/C(=C\c3ccc(OCC(=O)O)c(Br)c3)C2=O)cc1.